The molecular formula is C21H23ClFNO6. The SMILES string of the molecule is COc1cc(CC(=O)OCC(=O)N(C)Cc2c(F)cccc2Cl)cc(OC)c1OC. The van der Waals surface area contributed by atoms with Gasteiger partial charge in [-0.3, -0.25) is 9.59 Å². The van der Waals surface area contributed by atoms with Gasteiger partial charge in [-0.1, -0.05) is 17.7 Å². The van der Waals surface area contributed by atoms with E-state index in [0.717, 1.165) is 0 Å². The molecule has 0 fully saturated rings. The number of methoxy groups -OCH3 is 3. The first-order valence-corrected chi connectivity index (χ1v) is 9.29. The highest BCUT2D eigenvalue weighted by Gasteiger charge is 2.18. The molecule has 0 aliphatic heterocycles. The lowest BCUT2D eigenvalue weighted by atomic mass is 10.1. The van der Waals surface area contributed by atoms with Crippen molar-refractivity contribution in [1.29, 1.82) is 0 Å². The van der Waals surface area contributed by atoms with Crippen LogP contribution in [0.4, 0.5) is 4.39 Å². The topological polar surface area (TPSA) is 74.3 Å². The summed E-state index contributed by atoms with van der Waals surface area (Å²) in [6, 6.07) is 7.52. The number of carbonyl (C=O) groups is 2. The summed E-state index contributed by atoms with van der Waals surface area (Å²) < 4.78 is 34.7. The minimum absolute atomic E-state index is 0.0469. The summed E-state index contributed by atoms with van der Waals surface area (Å²) in [6.07, 6.45) is -0.104. The predicted molar refractivity (Wildman–Crippen MR) is 109 cm³/mol. The Morgan fingerprint density at radius 2 is 1.70 bits per heavy atom. The molecule has 7 nitrogen and oxygen atoms in total. The summed E-state index contributed by atoms with van der Waals surface area (Å²) in [5.41, 5.74) is 0.757. The van der Waals surface area contributed by atoms with Crippen LogP contribution >= 0.6 is 11.6 Å². The van der Waals surface area contributed by atoms with Gasteiger partial charge >= 0.3 is 5.97 Å². The Bertz CT molecular complexity index is 875. The Morgan fingerprint density at radius 1 is 1.07 bits per heavy atom. The van der Waals surface area contributed by atoms with Crippen LogP contribution in [0.25, 0.3) is 0 Å². The number of likely N-dealkylation sites (N-methyl/N-ethyl adjacent to an activating group) is 1. The quantitative estimate of drug-likeness (QED) is 0.558. The van der Waals surface area contributed by atoms with E-state index in [2.05, 4.69) is 0 Å². The van der Waals surface area contributed by atoms with E-state index in [4.69, 9.17) is 30.5 Å². The number of amides is 1. The van der Waals surface area contributed by atoms with Crippen molar-refractivity contribution >= 4 is 23.5 Å². The van der Waals surface area contributed by atoms with Crippen LogP contribution in [0.1, 0.15) is 11.1 Å². The molecule has 0 bridgehead atoms. The van der Waals surface area contributed by atoms with Crippen LogP contribution in [-0.2, 0) is 27.3 Å². The molecule has 0 spiro atoms. The van der Waals surface area contributed by atoms with Gasteiger partial charge in [-0.15, -0.1) is 0 Å². The molecule has 162 valence electrons. The smallest absolute Gasteiger partial charge is 0.310 e. The van der Waals surface area contributed by atoms with Crippen molar-refractivity contribution in [3.05, 3.63) is 52.3 Å². The van der Waals surface area contributed by atoms with Crippen LogP contribution in [0.5, 0.6) is 17.2 Å². The molecule has 0 N–H and O–H groups in total. The maximum atomic E-state index is 13.9. The molecule has 0 atom stereocenters. The van der Waals surface area contributed by atoms with E-state index >= 15 is 0 Å². The highest BCUT2D eigenvalue weighted by Crippen LogP contribution is 2.38. The minimum Gasteiger partial charge on any atom is -0.493 e. The Hall–Kier alpha value is -3.00. The first-order valence-electron chi connectivity index (χ1n) is 8.92. The largest absolute Gasteiger partial charge is 0.493 e. The zero-order valence-electron chi connectivity index (χ0n) is 17.2. The van der Waals surface area contributed by atoms with Crippen molar-refractivity contribution in [2.24, 2.45) is 0 Å². The standard InChI is InChI=1S/C21H23ClFNO6/c1-24(11-14-15(22)6-5-7-16(14)23)19(25)12-30-20(26)10-13-8-17(27-2)21(29-4)18(9-13)28-3/h5-9H,10-12H2,1-4H3. The van der Waals surface area contributed by atoms with Gasteiger partial charge in [0.2, 0.25) is 5.75 Å². The molecular weight excluding hydrogens is 417 g/mol. The van der Waals surface area contributed by atoms with E-state index < -0.39 is 24.3 Å². The minimum atomic E-state index is -0.616. The fourth-order valence-corrected chi connectivity index (χ4v) is 2.94. The molecule has 2 rings (SSSR count). The van der Waals surface area contributed by atoms with Gasteiger partial charge in [-0.05, 0) is 29.8 Å². The molecule has 0 aliphatic carbocycles. The summed E-state index contributed by atoms with van der Waals surface area (Å²) in [5, 5.41) is 0.217. The molecule has 0 saturated carbocycles. The molecule has 30 heavy (non-hydrogen) atoms. The van der Waals surface area contributed by atoms with Crippen LogP contribution < -0.4 is 14.2 Å². The normalized spacial score (nSPS) is 10.3. The zero-order valence-corrected chi connectivity index (χ0v) is 17.9. The maximum Gasteiger partial charge on any atom is 0.310 e. The number of rotatable bonds is 9. The third-order valence-corrected chi connectivity index (χ3v) is 4.67. The monoisotopic (exact) mass is 439 g/mol. The van der Waals surface area contributed by atoms with Gasteiger partial charge in [-0.2, -0.15) is 0 Å². The highest BCUT2D eigenvalue weighted by atomic mass is 35.5. The summed E-state index contributed by atoms with van der Waals surface area (Å²) >= 11 is 5.97. The Morgan fingerprint density at radius 3 is 2.23 bits per heavy atom. The number of hydrogen-bond donors (Lipinski definition) is 0. The van der Waals surface area contributed by atoms with Crippen LogP contribution in [0.15, 0.2) is 30.3 Å². The summed E-state index contributed by atoms with van der Waals surface area (Å²) in [4.78, 5) is 25.6. The van der Waals surface area contributed by atoms with Gasteiger partial charge in [-0.25, -0.2) is 4.39 Å². The molecule has 0 heterocycles. The van der Waals surface area contributed by atoms with Gasteiger partial charge in [0.1, 0.15) is 5.82 Å². The second kappa shape index (κ2) is 10.7. The summed E-state index contributed by atoms with van der Waals surface area (Å²) in [6.45, 7) is -0.527. The number of hydrogen-bond acceptors (Lipinski definition) is 6. The van der Waals surface area contributed by atoms with E-state index in [0.29, 0.717) is 22.8 Å². The van der Waals surface area contributed by atoms with E-state index in [-0.39, 0.29) is 23.6 Å². The third-order valence-electron chi connectivity index (χ3n) is 4.31. The lowest BCUT2D eigenvalue weighted by Gasteiger charge is -2.18. The van der Waals surface area contributed by atoms with E-state index in [9.17, 15) is 14.0 Å². The Balaban J connectivity index is 1.96. The van der Waals surface area contributed by atoms with E-state index in [1.54, 1.807) is 12.1 Å². The molecule has 1 amide bonds. The van der Waals surface area contributed by atoms with Gasteiger partial charge in [0.15, 0.2) is 18.1 Å². The predicted octanol–water partition coefficient (Wildman–Crippen LogP) is 3.25. The number of ether oxygens (including phenoxy) is 4. The second-order valence-electron chi connectivity index (χ2n) is 6.32. The van der Waals surface area contributed by atoms with Crippen molar-refractivity contribution in [2.45, 2.75) is 13.0 Å². The molecule has 0 radical (unpaired) electrons. The average Bonchev–Trinajstić information content (AvgIpc) is 2.73. The van der Waals surface area contributed by atoms with Gasteiger partial charge < -0.3 is 23.8 Å². The highest BCUT2D eigenvalue weighted by molar-refractivity contribution is 6.31. The molecule has 2 aromatic rings. The number of carbonyl (C=O) groups excluding carboxylic acids is 2. The fraction of sp³-hybridized carbons (Fsp3) is 0.333. The van der Waals surface area contributed by atoms with Crippen LogP contribution in [0.3, 0.4) is 0 Å². The van der Waals surface area contributed by atoms with Crippen molar-refractivity contribution in [3.8, 4) is 17.2 Å². The first-order chi connectivity index (χ1) is 14.3. The Labute approximate surface area is 179 Å². The number of esters is 1. The first kappa shape index (κ1) is 23.3. The Kier molecular flexibility index (Phi) is 8.29. The van der Waals surface area contributed by atoms with Crippen molar-refractivity contribution < 1.29 is 32.9 Å². The summed E-state index contributed by atoms with van der Waals surface area (Å²) in [5.74, 6) is -0.417. The van der Waals surface area contributed by atoms with Crippen molar-refractivity contribution in [2.75, 3.05) is 35.0 Å². The van der Waals surface area contributed by atoms with Gasteiger partial charge in [0.25, 0.3) is 5.91 Å². The molecule has 0 aliphatic rings. The van der Waals surface area contributed by atoms with Crippen LogP contribution in [0.2, 0.25) is 5.02 Å². The average molecular weight is 440 g/mol. The van der Waals surface area contributed by atoms with E-state index in [1.165, 1.54) is 51.5 Å². The molecule has 2 aromatic carbocycles. The van der Waals surface area contributed by atoms with Gasteiger partial charge in [0, 0.05) is 24.2 Å². The fourth-order valence-electron chi connectivity index (χ4n) is 2.72. The van der Waals surface area contributed by atoms with E-state index in [1.807, 2.05) is 0 Å². The lowest BCUT2D eigenvalue weighted by molar-refractivity contribution is -0.151. The number of halogens is 2. The second-order valence-corrected chi connectivity index (χ2v) is 6.73. The molecule has 9 heteroatoms. The van der Waals surface area contributed by atoms with Gasteiger partial charge in [0.05, 0.1) is 27.8 Å². The molecule has 0 saturated heterocycles. The maximum absolute atomic E-state index is 13.9. The summed E-state index contributed by atoms with van der Waals surface area (Å²) in [7, 11) is 5.88. The lowest BCUT2D eigenvalue weighted by Crippen LogP contribution is -2.31. The number of benzene rings is 2. The molecule has 0 aromatic heterocycles. The zero-order chi connectivity index (χ0) is 22.3. The molecule has 0 unspecified atom stereocenters. The van der Waals surface area contributed by atoms with Crippen molar-refractivity contribution in [1.82, 2.24) is 4.90 Å². The van der Waals surface area contributed by atoms with Crippen LogP contribution in [-0.4, -0.2) is 51.8 Å². The number of nitrogens with zero attached hydrogens (tertiary/aromatic N) is 1. The van der Waals surface area contributed by atoms with Crippen molar-refractivity contribution in [3.63, 3.8) is 0 Å². The third kappa shape index (κ3) is 5.76. The van der Waals surface area contributed by atoms with Crippen LogP contribution in [0, 0.1) is 5.82 Å².